The number of rotatable bonds is 2. The molecule has 0 saturated carbocycles. The lowest BCUT2D eigenvalue weighted by molar-refractivity contribution is -0.146. The van der Waals surface area contributed by atoms with E-state index in [0.717, 1.165) is 6.07 Å². The van der Waals surface area contributed by atoms with E-state index in [4.69, 9.17) is 16.7 Å². The highest BCUT2D eigenvalue weighted by Crippen LogP contribution is 2.31. The van der Waals surface area contributed by atoms with E-state index in [9.17, 15) is 14.0 Å². The first-order valence-corrected chi connectivity index (χ1v) is 6.86. The van der Waals surface area contributed by atoms with Crippen LogP contribution in [0.1, 0.15) is 18.9 Å². The second-order valence-corrected chi connectivity index (χ2v) is 5.96. The first-order valence-electron chi connectivity index (χ1n) is 6.48. The molecule has 0 aromatic heterocycles. The van der Waals surface area contributed by atoms with Crippen LogP contribution in [-0.4, -0.2) is 35.1 Å². The van der Waals surface area contributed by atoms with Crippen LogP contribution in [0.3, 0.4) is 0 Å². The number of nitrogens with zero attached hydrogens (tertiary/aromatic N) is 1. The monoisotopic (exact) mass is 314 g/mol. The van der Waals surface area contributed by atoms with E-state index < -0.39 is 23.2 Å². The number of hydrogen-bond donors (Lipinski definition) is 2. The van der Waals surface area contributed by atoms with Gasteiger partial charge >= 0.3 is 12.0 Å². The van der Waals surface area contributed by atoms with Gasteiger partial charge in [-0.05, 0) is 38.0 Å². The molecule has 2 N–H and O–H groups in total. The van der Waals surface area contributed by atoms with Gasteiger partial charge in [0.05, 0.1) is 16.1 Å². The Morgan fingerprint density at radius 2 is 2.14 bits per heavy atom. The zero-order valence-electron chi connectivity index (χ0n) is 11.7. The average molecular weight is 315 g/mol. The minimum Gasteiger partial charge on any atom is -0.481 e. The van der Waals surface area contributed by atoms with Crippen LogP contribution in [0, 0.1) is 18.2 Å². The summed E-state index contributed by atoms with van der Waals surface area (Å²) in [6, 6.07) is 2.15. The summed E-state index contributed by atoms with van der Waals surface area (Å²) in [5.41, 5.74) is -0.254. The van der Waals surface area contributed by atoms with Gasteiger partial charge in [0.15, 0.2) is 0 Å². The zero-order valence-corrected chi connectivity index (χ0v) is 12.5. The Hall–Kier alpha value is -1.82. The highest BCUT2D eigenvalue weighted by Gasteiger charge is 2.42. The number of aryl methyl sites for hydroxylation is 1. The molecular weight excluding hydrogens is 299 g/mol. The molecule has 1 aromatic rings. The van der Waals surface area contributed by atoms with Crippen LogP contribution in [0.25, 0.3) is 0 Å². The normalized spacial score (nSPS) is 21.4. The minimum atomic E-state index is -0.931. The Morgan fingerprint density at radius 1 is 1.48 bits per heavy atom. The summed E-state index contributed by atoms with van der Waals surface area (Å²) >= 11 is 5.89. The topological polar surface area (TPSA) is 69.6 Å². The van der Waals surface area contributed by atoms with Gasteiger partial charge in [0, 0.05) is 13.1 Å². The summed E-state index contributed by atoms with van der Waals surface area (Å²) < 4.78 is 13.3. The predicted octanol–water partition coefficient (Wildman–Crippen LogP) is 3.12. The Balaban J connectivity index is 2.10. The zero-order chi connectivity index (χ0) is 15.8. The molecule has 1 saturated heterocycles. The summed E-state index contributed by atoms with van der Waals surface area (Å²) in [6.07, 6.45) is 0.395. The lowest BCUT2D eigenvalue weighted by Gasteiger charge is -2.21. The Bertz CT molecular complexity index is 608. The maximum Gasteiger partial charge on any atom is 0.321 e. The van der Waals surface area contributed by atoms with Gasteiger partial charge in [-0.3, -0.25) is 4.79 Å². The van der Waals surface area contributed by atoms with Gasteiger partial charge in [0.1, 0.15) is 5.82 Å². The molecule has 0 bridgehead atoms. The van der Waals surface area contributed by atoms with E-state index in [1.807, 2.05) is 0 Å². The molecule has 1 aromatic carbocycles. The van der Waals surface area contributed by atoms with Crippen molar-refractivity contribution in [2.75, 3.05) is 18.4 Å². The van der Waals surface area contributed by atoms with Crippen molar-refractivity contribution >= 4 is 29.3 Å². The van der Waals surface area contributed by atoms with Gasteiger partial charge in [-0.1, -0.05) is 11.6 Å². The summed E-state index contributed by atoms with van der Waals surface area (Å²) in [6.45, 7) is 3.66. The summed E-state index contributed by atoms with van der Waals surface area (Å²) in [4.78, 5) is 24.7. The molecule has 0 aliphatic carbocycles. The number of likely N-dealkylation sites (tertiary alicyclic amines) is 1. The first kappa shape index (κ1) is 15.6. The fourth-order valence-corrected chi connectivity index (χ4v) is 2.45. The van der Waals surface area contributed by atoms with Gasteiger partial charge in [-0.15, -0.1) is 0 Å². The van der Waals surface area contributed by atoms with Gasteiger partial charge in [-0.25, -0.2) is 9.18 Å². The van der Waals surface area contributed by atoms with Crippen molar-refractivity contribution in [2.45, 2.75) is 20.3 Å². The fourth-order valence-electron chi connectivity index (χ4n) is 2.26. The number of carbonyl (C=O) groups is 2. The van der Waals surface area contributed by atoms with Crippen molar-refractivity contribution in [2.24, 2.45) is 5.41 Å². The van der Waals surface area contributed by atoms with Crippen LogP contribution in [0.4, 0.5) is 14.9 Å². The fraction of sp³-hybridized carbons (Fsp3) is 0.429. The van der Waals surface area contributed by atoms with Crippen LogP contribution in [0.5, 0.6) is 0 Å². The number of benzene rings is 1. The van der Waals surface area contributed by atoms with E-state index in [1.165, 1.54) is 11.0 Å². The summed E-state index contributed by atoms with van der Waals surface area (Å²) in [5, 5.41) is 11.8. The number of aliphatic carboxylic acids is 1. The largest absolute Gasteiger partial charge is 0.481 e. The lowest BCUT2D eigenvalue weighted by atomic mass is 9.90. The number of anilines is 1. The van der Waals surface area contributed by atoms with Crippen LogP contribution in [-0.2, 0) is 4.79 Å². The molecule has 0 radical (unpaired) electrons. The van der Waals surface area contributed by atoms with Gasteiger partial charge in [0.2, 0.25) is 0 Å². The smallest absolute Gasteiger partial charge is 0.321 e. The number of halogens is 2. The summed E-state index contributed by atoms with van der Waals surface area (Å²) in [7, 11) is 0. The van der Waals surface area contributed by atoms with Crippen molar-refractivity contribution in [1.29, 1.82) is 0 Å². The molecule has 114 valence electrons. The van der Waals surface area contributed by atoms with Gasteiger partial charge in [0.25, 0.3) is 0 Å². The maximum atomic E-state index is 13.3. The van der Waals surface area contributed by atoms with Gasteiger partial charge in [-0.2, -0.15) is 0 Å². The molecule has 2 rings (SSSR count). The number of urea groups is 1. The quantitative estimate of drug-likeness (QED) is 0.881. The number of carbonyl (C=O) groups excluding carboxylic acids is 1. The molecule has 7 heteroatoms. The SMILES string of the molecule is Cc1cc(NC(=O)N2CCC(C)(C(=O)O)C2)c(Cl)cc1F. The number of carboxylic acid groups (broad SMARTS) is 1. The third kappa shape index (κ3) is 3.10. The molecule has 1 aliphatic heterocycles. The van der Waals surface area contributed by atoms with Crippen molar-refractivity contribution in [3.63, 3.8) is 0 Å². The highest BCUT2D eigenvalue weighted by molar-refractivity contribution is 6.33. The second kappa shape index (κ2) is 5.52. The van der Waals surface area contributed by atoms with Crippen LogP contribution < -0.4 is 5.32 Å². The third-order valence-corrected chi connectivity index (χ3v) is 4.08. The Morgan fingerprint density at radius 3 is 2.71 bits per heavy atom. The molecule has 2 amide bonds. The van der Waals surface area contributed by atoms with Crippen molar-refractivity contribution < 1.29 is 19.1 Å². The molecule has 1 atom stereocenters. The minimum absolute atomic E-state index is 0.103. The molecule has 1 unspecified atom stereocenters. The average Bonchev–Trinajstić information content (AvgIpc) is 2.80. The van der Waals surface area contributed by atoms with E-state index in [0.29, 0.717) is 24.2 Å². The first-order chi connectivity index (χ1) is 9.73. The van der Waals surface area contributed by atoms with Crippen LogP contribution in [0.2, 0.25) is 5.02 Å². The molecule has 21 heavy (non-hydrogen) atoms. The maximum absolute atomic E-state index is 13.3. The van der Waals surface area contributed by atoms with Crippen LogP contribution >= 0.6 is 11.6 Å². The second-order valence-electron chi connectivity index (χ2n) is 5.55. The number of hydrogen-bond acceptors (Lipinski definition) is 2. The number of nitrogens with one attached hydrogen (secondary N) is 1. The Kier molecular flexibility index (Phi) is 4.09. The lowest BCUT2D eigenvalue weighted by Crippen LogP contribution is -2.37. The van der Waals surface area contributed by atoms with Crippen molar-refractivity contribution in [1.82, 2.24) is 4.90 Å². The van der Waals surface area contributed by atoms with E-state index in [2.05, 4.69) is 5.32 Å². The molecule has 5 nitrogen and oxygen atoms in total. The molecule has 0 spiro atoms. The highest BCUT2D eigenvalue weighted by atomic mass is 35.5. The van der Waals surface area contributed by atoms with E-state index in [-0.39, 0.29) is 11.6 Å². The predicted molar refractivity (Wildman–Crippen MR) is 77.1 cm³/mol. The molecule has 1 heterocycles. The van der Waals surface area contributed by atoms with Crippen molar-refractivity contribution in [3.8, 4) is 0 Å². The molecular formula is C14H16ClFN2O3. The third-order valence-electron chi connectivity index (χ3n) is 3.77. The molecule has 1 aliphatic rings. The summed E-state index contributed by atoms with van der Waals surface area (Å²) in [5.74, 6) is -1.37. The molecule has 1 fully saturated rings. The van der Waals surface area contributed by atoms with Gasteiger partial charge < -0.3 is 15.3 Å². The van der Waals surface area contributed by atoms with E-state index >= 15 is 0 Å². The van der Waals surface area contributed by atoms with Crippen LogP contribution in [0.15, 0.2) is 12.1 Å². The van der Waals surface area contributed by atoms with Crippen molar-refractivity contribution in [3.05, 3.63) is 28.5 Å². The Labute approximate surface area is 126 Å². The van der Waals surface area contributed by atoms with E-state index in [1.54, 1.807) is 13.8 Å². The standard InChI is InChI=1S/C14H16ClFN2O3/c1-8-5-11(9(15)6-10(8)16)17-13(21)18-4-3-14(2,7-18)12(19)20/h5-6H,3-4,7H2,1-2H3,(H,17,21)(H,19,20). The number of carboxylic acids is 1. The number of amides is 2.